The molecule has 28 heavy (non-hydrogen) atoms. The van der Waals surface area contributed by atoms with Gasteiger partial charge >= 0.3 is 12.3 Å². The topological polar surface area (TPSA) is 51.7 Å². The summed E-state index contributed by atoms with van der Waals surface area (Å²) in [5.41, 5.74) is -1.08. The molecule has 1 saturated heterocycles. The molecule has 0 unspecified atom stereocenters. The zero-order chi connectivity index (χ0) is 20.6. The van der Waals surface area contributed by atoms with Gasteiger partial charge in [-0.1, -0.05) is 0 Å². The first-order valence-electron chi connectivity index (χ1n) is 9.59. The Kier molecular flexibility index (Phi) is 5.51. The first-order valence-corrected chi connectivity index (χ1v) is 9.59. The lowest BCUT2D eigenvalue weighted by Crippen LogP contribution is -2.50. The van der Waals surface area contributed by atoms with Crippen molar-refractivity contribution in [2.24, 2.45) is 11.3 Å². The molecule has 5 nitrogen and oxygen atoms in total. The number of nitrogens with zero attached hydrogens (tertiary/aromatic N) is 2. The molecule has 156 valence electrons. The Morgan fingerprint density at radius 3 is 2.43 bits per heavy atom. The van der Waals surface area contributed by atoms with E-state index in [0.717, 1.165) is 37.9 Å². The molecular weight excluding hydrogens is 373 g/mol. The van der Waals surface area contributed by atoms with Gasteiger partial charge in [0.15, 0.2) is 0 Å². The van der Waals surface area contributed by atoms with E-state index in [9.17, 15) is 18.0 Å². The van der Waals surface area contributed by atoms with Crippen LogP contribution in [-0.2, 0) is 10.9 Å². The summed E-state index contributed by atoms with van der Waals surface area (Å²) in [4.78, 5) is 17.5. The number of piperidine rings is 1. The highest BCUT2D eigenvalue weighted by Gasteiger charge is 2.46. The second-order valence-electron chi connectivity index (χ2n) is 8.96. The van der Waals surface area contributed by atoms with E-state index in [0.29, 0.717) is 25.6 Å². The van der Waals surface area contributed by atoms with Gasteiger partial charge in [0.05, 0.1) is 18.4 Å². The van der Waals surface area contributed by atoms with Gasteiger partial charge < -0.3 is 14.4 Å². The zero-order valence-corrected chi connectivity index (χ0v) is 16.5. The van der Waals surface area contributed by atoms with E-state index in [1.54, 1.807) is 4.90 Å². The van der Waals surface area contributed by atoms with Crippen LogP contribution >= 0.6 is 0 Å². The van der Waals surface area contributed by atoms with Gasteiger partial charge in [0.2, 0.25) is 0 Å². The fourth-order valence-corrected chi connectivity index (χ4v) is 4.05. The van der Waals surface area contributed by atoms with Gasteiger partial charge in [0.25, 0.3) is 0 Å². The summed E-state index contributed by atoms with van der Waals surface area (Å²) in [7, 11) is 0. The summed E-state index contributed by atoms with van der Waals surface area (Å²) in [5.74, 6) is 0.470. The molecule has 2 fully saturated rings. The number of halogens is 3. The van der Waals surface area contributed by atoms with Crippen molar-refractivity contribution in [3.8, 4) is 5.75 Å². The summed E-state index contributed by atoms with van der Waals surface area (Å²) < 4.78 is 49.2. The Labute approximate surface area is 163 Å². The summed E-state index contributed by atoms with van der Waals surface area (Å²) in [6.45, 7) is 7.31. The van der Waals surface area contributed by atoms with Gasteiger partial charge in [0, 0.05) is 19.3 Å². The average molecular weight is 400 g/mol. The lowest BCUT2D eigenvalue weighted by molar-refractivity contribution is -0.138. The van der Waals surface area contributed by atoms with Crippen LogP contribution in [0.4, 0.5) is 18.0 Å². The average Bonchev–Trinajstić information content (AvgIpc) is 2.56. The van der Waals surface area contributed by atoms with E-state index >= 15 is 0 Å². The van der Waals surface area contributed by atoms with Crippen LogP contribution in [0, 0.1) is 11.3 Å². The smallest absolute Gasteiger partial charge is 0.418 e. The van der Waals surface area contributed by atoms with Crippen molar-refractivity contribution in [3.05, 3.63) is 24.0 Å². The van der Waals surface area contributed by atoms with Crippen molar-refractivity contribution in [2.75, 3.05) is 19.7 Å². The standard InChI is InChI=1S/C20H27F3N2O3/c1-18(2,3)28-17(26)25-6-4-19(5-7-25)9-14(10-19)13-27-16-8-15(11-24-12-16)20(21,22)23/h8,11-12,14H,4-7,9-10,13H2,1-3H3. The highest BCUT2D eigenvalue weighted by molar-refractivity contribution is 5.68. The lowest BCUT2D eigenvalue weighted by atomic mass is 9.58. The molecule has 1 spiro atoms. The SMILES string of the molecule is CC(C)(C)OC(=O)N1CCC2(CC1)CC(COc1cncc(C(F)(F)F)c1)C2. The van der Waals surface area contributed by atoms with Crippen LogP contribution in [-0.4, -0.2) is 41.3 Å². The van der Waals surface area contributed by atoms with Gasteiger partial charge in [0.1, 0.15) is 11.4 Å². The molecular formula is C20H27F3N2O3. The molecule has 0 N–H and O–H groups in total. The molecule has 2 aliphatic rings. The van der Waals surface area contributed by atoms with Crippen LogP contribution in [0.5, 0.6) is 5.75 Å². The second kappa shape index (κ2) is 7.44. The first-order chi connectivity index (χ1) is 13.0. The van der Waals surface area contributed by atoms with Gasteiger partial charge in [-0.2, -0.15) is 13.2 Å². The Bertz CT molecular complexity index is 699. The number of amides is 1. The van der Waals surface area contributed by atoms with Crippen LogP contribution < -0.4 is 4.74 Å². The van der Waals surface area contributed by atoms with Gasteiger partial charge in [-0.25, -0.2) is 4.79 Å². The van der Waals surface area contributed by atoms with Crippen molar-refractivity contribution in [2.45, 2.75) is 58.2 Å². The van der Waals surface area contributed by atoms with E-state index in [1.807, 2.05) is 20.8 Å². The predicted molar refractivity (Wildman–Crippen MR) is 96.9 cm³/mol. The van der Waals surface area contributed by atoms with Crippen molar-refractivity contribution in [3.63, 3.8) is 0 Å². The van der Waals surface area contributed by atoms with E-state index in [-0.39, 0.29) is 17.3 Å². The third-order valence-corrected chi connectivity index (χ3v) is 5.45. The van der Waals surface area contributed by atoms with Gasteiger partial charge in [-0.05, 0) is 63.9 Å². The predicted octanol–water partition coefficient (Wildman–Crippen LogP) is 4.91. The number of ether oxygens (including phenoxy) is 2. The van der Waals surface area contributed by atoms with Gasteiger partial charge in [-0.3, -0.25) is 4.98 Å². The summed E-state index contributed by atoms with van der Waals surface area (Å²) in [6.07, 6.45) is 1.21. The molecule has 1 saturated carbocycles. The van der Waals surface area contributed by atoms with Crippen molar-refractivity contribution in [1.29, 1.82) is 0 Å². The minimum Gasteiger partial charge on any atom is -0.492 e. The van der Waals surface area contributed by atoms with Crippen molar-refractivity contribution < 1.29 is 27.4 Å². The van der Waals surface area contributed by atoms with E-state index < -0.39 is 17.3 Å². The number of aromatic nitrogens is 1. The second-order valence-corrected chi connectivity index (χ2v) is 8.96. The molecule has 0 atom stereocenters. The number of alkyl halides is 3. The Morgan fingerprint density at radius 2 is 1.86 bits per heavy atom. The summed E-state index contributed by atoms with van der Waals surface area (Å²) >= 11 is 0. The fraction of sp³-hybridized carbons (Fsp3) is 0.700. The maximum Gasteiger partial charge on any atom is 0.418 e. The number of likely N-dealkylation sites (tertiary alicyclic amines) is 1. The highest BCUT2D eigenvalue weighted by atomic mass is 19.4. The molecule has 0 bridgehead atoms. The highest BCUT2D eigenvalue weighted by Crippen LogP contribution is 2.52. The minimum absolute atomic E-state index is 0.149. The number of hydrogen-bond donors (Lipinski definition) is 0. The number of carbonyl (C=O) groups is 1. The third-order valence-electron chi connectivity index (χ3n) is 5.45. The van der Waals surface area contributed by atoms with Crippen LogP contribution in [0.2, 0.25) is 0 Å². The van der Waals surface area contributed by atoms with Crippen LogP contribution in [0.25, 0.3) is 0 Å². The largest absolute Gasteiger partial charge is 0.492 e. The molecule has 1 aromatic heterocycles. The van der Waals surface area contributed by atoms with E-state index in [1.165, 1.54) is 6.20 Å². The summed E-state index contributed by atoms with van der Waals surface area (Å²) in [5, 5.41) is 0. The maximum atomic E-state index is 12.7. The number of hydrogen-bond acceptors (Lipinski definition) is 4. The Hall–Kier alpha value is -1.99. The molecule has 3 rings (SSSR count). The Morgan fingerprint density at radius 1 is 1.21 bits per heavy atom. The molecule has 1 aliphatic carbocycles. The fourth-order valence-electron chi connectivity index (χ4n) is 4.05. The van der Waals surface area contributed by atoms with Crippen LogP contribution in [0.15, 0.2) is 18.5 Å². The normalized spacial score (nSPS) is 20.0. The van der Waals surface area contributed by atoms with Crippen molar-refractivity contribution in [1.82, 2.24) is 9.88 Å². The minimum atomic E-state index is -4.42. The molecule has 2 heterocycles. The van der Waals surface area contributed by atoms with Crippen LogP contribution in [0.3, 0.4) is 0 Å². The molecule has 0 radical (unpaired) electrons. The lowest BCUT2D eigenvalue weighted by Gasteiger charge is -2.52. The monoisotopic (exact) mass is 400 g/mol. The molecule has 1 aromatic rings. The zero-order valence-electron chi connectivity index (χ0n) is 16.5. The molecule has 8 heteroatoms. The molecule has 1 amide bonds. The summed E-state index contributed by atoms with van der Waals surface area (Å²) in [6, 6.07) is 0.987. The number of carbonyl (C=O) groups excluding carboxylic acids is 1. The maximum absolute atomic E-state index is 12.7. The van der Waals surface area contributed by atoms with E-state index in [4.69, 9.17) is 9.47 Å². The molecule has 0 aromatic carbocycles. The Balaban J connectivity index is 1.43. The third kappa shape index (κ3) is 5.08. The number of rotatable bonds is 3. The quantitative estimate of drug-likeness (QED) is 0.724. The van der Waals surface area contributed by atoms with Crippen molar-refractivity contribution >= 4 is 6.09 Å². The molecule has 1 aliphatic heterocycles. The van der Waals surface area contributed by atoms with E-state index in [2.05, 4.69) is 4.98 Å². The first kappa shape index (κ1) is 20.7. The van der Waals surface area contributed by atoms with Gasteiger partial charge in [-0.15, -0.1) is 0 Å². The number of pyridine rings is 1. The van der Waals surface area contributed by atoms with Crippen LogP contribution in [0.1, 0.15) is 52.0 Å².